The molecule has 1 N–H and O–H groups in total. The van der Waals surface area contributed by atoms with E-state index in [1.807, 2.05) is 5.51 Å². The van der Waals surface area contributed by atoms with E-state index in [0.717, 1.165) is 11.6 Å². The smallest absolute Gasteiger partial charge is 0.0798 e. The average molecular weight is 226 g/mol. The summed E-state index contributed by atoms with van der Waals surface area (Å²) in [5.41, 5.74) is 3.09. The van der Waals surface area contributed by atoms with Gasteiger partial charge in [0.2, 0.25) is 0 Å². The average Bonchev–Trinajstić information content (AvgIpc) is 2.49. The molecule has 1 aromatic heterocycles. The van der Waals surface area contributed by atoms with Crippen LogP contribution >= 0.6 is 11.3 Å². The van der Waals surface area contributed by atoms with E-state index < -0.39 is 0 Å². The minimum atomic E-state index is 0.422. The summed E-state index contributed by atoms with van der Waals surface area (Å²) in [6.07, 6.45) is 1.22. The Hall–Kier alpha value is -0.410. The predicted molar refractivity (Wildman–Crippen MR) is 67.3 cm³/mol. The molecule has 0 saturated carbocycles. The fourth-order valence-corrected chi connectivity index (χ4v) is 2.82. The lowest BCUT2D eigenvalue weighted by Gasteiger charge is -2.20. The third-order valence-electron chi connectivity index (χ3n) is 2.54. The van der Waals surface area contributed by atoms with Gasteiger partial charge in [-0.2, -0.15) is 0 Å². The van der Waals surface area contributed by atoms with Crippen molar-refractivity contribution in [2.24, 2.45) is 5.92 Å². The van der Waals surface area contributed by atoms with E-state index in [1.54, 1.807) is 11.3 Å². The van der Waals surface area contributed by atoms with Gasteiger partial charge in [-0.3, -0.25) is 0 Å². The lowest BCUT2D eigenvalue weighted by atomic mass is 10.0. The Balaban J connectivity index is 2.49. The highest BCUT2D eigenvalue weighted by Crippen LogP contribution is 2.22. The van der Waals surface area contributed by atoms with E-state index in [0.29, 0.717) is 12.1 Å². The SMILES string of the molecule is Cc1ncsc1C(C)NC(C)CC(C)C. The van der Waals surface area contributed by atoms with Gasteiger partial charge in [-0.1, -0.05) is 13.8 Å². The van der Waals surface area contributed by atoms with Crippen LogP contribution in [0.1, 0.15) is 50.7 Å². The molecule has 2 unspecified atom stereocenters. The Morgan fingerprint density at radius 2 is 2.00 bits per heavy atom. The molecule has 3 heteroatoms. The highest BCUT2D eigenvalue weighted by Gasteiger charge is 2.13. The summed E-state index contributed by atoms with van der Waals surface area (Å²) in [5, 5.41) is 3.62. The van der Waals surface area contributed by atoms with Gasteiger partial charge in [-0.15, -0.1) is 11.3 Å². The standard InChI is InChI=1S/C12H22N2S/c1-8(2)6-9(3)14-11(5)12-10(4)13-7-15-12/h7-9,11,14H,6H2,1-5H3. The largest absolute Gasteiger partial charge is 0.307 e. The molecule has 0 radical (unpaired) electrons. The monoisotopic (exact) mass is 226 g/mol. The van der Waals surface area contributed by atoms with Crippen molar-refractivity contribution in [3.63, 3.8) is 0 Å². The van der Waals surface area contributed by atoms with Gasteiger partial charge in [-0.25, -0.2) is 4.98 Å². The van der Waals surface area contributed by atoms with Gasteiger partial charge in [0.05, 0.1) is 11.2 Å². The second-order valence-corrected chi connectivity index (χ2v) is 5.61. The molecule has 1 heterocycles. The van der Waals surface area contributed by atoms with Crippen LogP contribution in [0.3, 0.4) is 0 Å². The summed E-state index contributed by atoms with van der Waals surface area (Å²) in [7, 11) is 0. The van der Waals surface area contributed by atoms with Gasteiger partial charge >= 0.3 is 0 Å². The van der Waals surface area contributed by atoms with Gasteiger partial charge in [0, 0.05) is 17.0 Å². The maximum atomic E-state index is 4.28. The second kappa shape index (κ2) is 5.61. The number of thiazole rings is 1. The van der Waals surface area contributed by atoms with E-state index in [-0.39, 0.29) is 0 Å². The van der Waals surface area contributed by atoms with Crippen molar-refractivity contribution in [1.82, 2.24) is 10.3 Å². The van der Waals surface area contributed by atoms with Gasteiger partial charge < -0.3 is 5.32 Å². The summed E-state index contributed by atoms with van der Waals surface area (Å²) >= 11 is 1.74. The molecule has 0 spiro atoms. The van der Waals surface area contributed by atoms with E-state index in [1.165, 1.54) is 11.3 Å². The van der Waals surface area contributed by atoms with Gasteiger partial charge in [0.1, 0.15) is 0 Å². The Labute approximate surface area is 97.1 Å². The number of aromatic nitrogens is 1. The Morgan fingerprint density at radius 3 is 2.47 bits per heavy atom. The minimum Gasteiger partial charge on any atom is -0.307 e. The normalized spacial score (nSPS) is 15.6. The zero-order chi connectivity index (χ0) is 11.4. The fourth-order valence-electron chi connectivity index (χ4n) is 2.00. The fraction of sp³-hybridized carbons (Fsp3) is 0.750. The number of nitrogens with one attached hydrogen (secondary N) is 1. The molecule has 0 aliphatic rings. The van der Waals surface area contributed by atoms with Gasteiger partial charge in [-0.05, 0) is 33.1 Å². The number of nitrogens with zero attached hydrogens (tertiary/aromatic N) is 1. The molecular formula is C12H22N2S. The van der Waals surface area contributed by atoms with Gasteiger partial charge in [0.25, 0.3) is 0 Å². The molecule has 1 aromatic rings. The Kier molecular flexibility index (Phi) is 4.74. The lowest BCUT2D eigenvalue weighted by Crippen LogP contribution is -2.29. The first-order chi connectivity index (χ1) is 7.00. The molecule has 2 nitrogen and oxygen atoms in total. The first-order valence-corrected chi connectivity index (χ1v) is 6.54. The number of hydrogen-bond acceptors (Lipinski definition) is 3. The van der Waals surface area contributed by atoms with Crippen molar-refractivity contribution in [3.05, 3.63) is 16.1 Å². The Morgan fingerprint density at radius 1 is 1.33 bits per heavy atom. The molecule has 0 aliphatic heterocycles. The summed E-state index contributed by atoms with van der Waals surface area (Å²) in [6.45, 7) is 11.1. The number of rotatable bonds is 5. The van der Waals surface area contributed by atoms with Crippen LogP contribution in [-0.4, -0.2) is 11.0 Å². The molecule has 0 fully saturated rings. The molecule has 1 rings (SSSR count). The van der Waals surface area contributed by atoms with Crippen LogP contribution in [-0.2, 0) is 0 Å². The molecule has 0 aliphatic carbocycles. The van der Waals surface area contributed by atoms with Crippen LogP contribution in [0, 0.1) is 12.8 Å². The van der Waals surface area contributed by atoms with E-state index in [2.05, 4.69) is 44.9 Å². The maximum absolute atomic E-state index is 4.28. The first-order valence-electron chi connectivity index (χ1n) is 5.66. The van der Waals surface area contributed by atoms with E-state index in [4.69, 9.17) is 0 Å². The maximum Gasteiger partial charge on any atom is 0.0798 e. The topological polar surface area (TPSA) is 24.9 Å². The zero-order valence-electron chi connectivity index (χ0n) is 10.4. The van der Waals surface area contributed by atoms with Crippen LogP contribution in [0.4, 0.5) is 0 Å². The molecule has 86 valence electrons. The quantitative estimate of drug-likeness (QED) is 0.830. The van der Waals surface area contributed by atoms with Crippen LogP contribution in [0.2, 0.25) is 0 Å². The lowest BCUT2D eigenvalue weighted by molar-refractivity contribution is 0.408. The van der Waals surface area contributed by atoms with E-state index >= 15 is 0 Å². The third-order valence-corrected chi connectivity index (χ3v) is 3.65. The second-order valence-electron chi connectivity index (χ2n) is 4.72. The Bertz CT molecular complexity index is 294. The van der Waals surface area contributed by atoms with Crippen molar-refractivity contribution < 1.29 is 0 Å². The highest BCUT2D eigenvalue weighted by atomic mass is 32.1. The highest BCUT2D eigenvalue weighted by molar-refractivity contribution is 7.09. The van der Waals surface area contributed by atoms with Crippen LogP contribution in [0.25, 0.3) is 0 Å². The van der Waals surface area contributed by atoms with Crippen molar-refractivity contribution in [2.75, 3.05) is 0 Å². The molecule has 0 bridgehead atoms. The summed E-state index contributed by atoms with van der Waals surface area (Å²) in [6, 6.07) is 0.993. The summed E-state index contributed by atoms with van der Waals surface area (Å²) in [4.78, 5) is 5.65. The van der Waals surface area contributed by atoms with Crippen molar-refractivity contribution in [2.45, 2.75) is 53.1 Å². The first kappa shape index (κ1) is 12.7. The summed E-state index contributed by atoms with van der Waals surface area (Å²) in [5.74, 6) is 0.752. The molecule has 2 atom stereocenters. The van der Waals surface area contributed by atoms with Crippen molar-refractivity contribution >= 4 is 11.3 Å². The number of hydrogen-bond donors (Lipinski definition) is 1. The molecule has 0 saturated heterocycles. The summed E-state index contributed by atoms with van der Waals surface area (Å²) < 4.78 is 0. The molecule has 0 amide bonds. The van der Waals surface area contributed by atoms with E-state index in [9.17, 15) is 0 Å². The van der Waals surface area contributed by atoms with Crippen LogP contribution < -0.4 is 5.32 Å². The van der Waals surface area contributed by atoms with Crippen molar-refractivity contribution in [1.29, 1.82) is 0 Å². The molecular weight excluding hydrogens is 204 g/mol. The predicted octanol–water partition coefficient (Wildman–Crippen LogP) is 3.54. The molecule has 15 heavy (non-hydrogen) atoms. The zero-order valence-corrected chi connectivity index (χ0v) is 11.2. The van der Waals surface area contributed by atoms with Gasteiger partial charge in [0.15, 0.2) is 0 Å². The van der Waals surface area contributed by atoms with Crippen LogP contribution in [0.5, 0.6) is 0 Å². The minimum absolute atomic E-state index is 0.422. The van der Waals surface area contributed by atoms with Crippen LogP contribution in [0.15, 0.2) is 5.51 Å². The third kappa shape index (κ3) is 3.92. The molecule has 0 aromatic carbocycles. The van der Waals surface area contributed by atoms with Crippen molar-refractivity contribution in [3.8, 4) is 0 Å². The number of aryl methyl sites for hydroxylation is 1.